The summed E-state index contributed by atoms with van der Waals surface area (Å²) in [6, 6.07) is 12.2. The van der Waals surface area contributed by atoms with Gasteiger partial charge in [-0.15, -0.1) is 0 Å². The van der Waals surface area contributed by atoms with Crippen LogP contribution >= 0.6 is 0 Å². The fourth-order valence-corrected chi connectivity index (χ4v) is 2.03. The topological polar surface area (TPSA) is 90.7 Å². The van der Waals surface area contributed by atoms with E-state index in [0.717, 1.165) is 11.8 Å². The molecule has 25 heavy (non-hydrogen) atoms. The zero-order chi connectivity index (χ0) is 18.2. The SMILES string of the molecule is COc1cc(/C=C/[N+](=O)[O-])ccc1OCC(=O)Nc1ccc(C)cc1. The van der Waals surface area contributed by atoms with Crippen LogP contribution in [-0.4, -0.2) is 24.5 Å². The molecule has 2 rings (SSSR count). The Bertz CT molecular complexity index is 785. The van der Waals surface area contributed by atoms with Crippen molar-refractivity contribution < 1.29 is 19.2 Å². The monoisotopic (exact) mass is 342 g/mol. The quantitative estimate of drug-likeness (QED) is 0.616. The van der Waals surface area contributed by atoms with Crippen LogP contribution in [0.3, 0.4) is 0 Å². The number of anilines is 1. The molecule has 7 heteroatoms. The van der Waals surface area contributed by atoms with Crippen LogP contribution in [0.5, 0.6) is 11.5 Å². The highest BCUT2D eigenvalue weighted by molar-refractivity contribution is 5.91. The number of hydrogen-bond donors (Lipinski definition) is 1. The van der Waals surface area contributed by atoms with Crippen LogP contribution in [0.25, 0.3) is 6.08 Å². The van der Waals surface area contributed by atoms with Crippen LogP contribution in [0.15, 0.2) is 48.7 Å². The molecular weight excluding hydrogens is 324 g/mol. The van der Waals surface area contributed by atoms with E-state index in [9.17, 15) is 14.9 Å². The zero-order valence-electron chi connectivity index (χ0n) is 13.9. The third kappa shape index (κ3) is 5.65. The molecule has 0 radical (unpaired) electrons. The predicted octanol–water partition coefficient (Wildman–Crippen LogP) is 3.27. The van der Waals surface area contributed by atoms with Gasteiger partial charge < -0.3 is 14.8 Å². The summed E-state index contributed by atoms with van der Waals surface area (Å²) in [5.41, 5.74) is 2.38. The van der Waals surface area contributed by atoms with Gasteiger partial charge in [0.1, 0.15) is 0 Å². The zero-order valence-corrected chi connectivity index (χ0v) is 13.9. The molecule has 1 N–H and O–H groups in total. The fourth-order valence-electron chi connectivity index (χ4n) is 2.03. The van der Waals surface area contributed by atoms with Gasteiger partial charge in [0.2, 0.25) is 6.20 Å². The molecule has 0 fully saturated rings. The number of carbonyl (C=O) groups is 1. The molecule has 0 heterocycles. The number of rotatable bonds is 7. The van der Waals surface area contributed by atoms with Crippen molar-refractivity contribution in [2.75, 3.05) is 19.0 Å². The second-order valence-electron chi connectivity index (χ2n) is 5.21. The molecule has 0 aliphatic carbocycles. The summed E-state index contributed by atoms with van der Waals surface area (Å²) in [5.74, 6) is 0.455. The number of amides is 1. The van der Waals surface area contributed by atoms with Crippen molar-refractivity contribution >= 4 is 17.7 Å². The van der Waals surface area contributed by atoms with E-state index in [0.29, 0.717) is 22.7 Å². The lowest BCUT2D eigenvalue weighted by molar-refractivity contribution is -0.400. The molecule has 0 atom stereocenters. The van der Waals surface area contributed by atoms with E-state index >= 15 is 0 Å². The Morgan fingerprint density at radius 2 is 1.92 bits per heavy atom. The summed E-state index contributed by atoms with van der Waals surface area (Å²) in [5, 5.41) is 13.1. The standard InChI is InChI=1S/C18H18N2O5/c1-13-3-6-15(7-4-13)19-18(21)12-25-16-8-5-14(9-10-20(22)23)11-17(16)24-2/h3-11H,12H2,1-2H3,(H,19,21)/b10-9+. The van der Waals surface area contributed by atoms with Crippen molar-refractivity contribution in [1.82, 2.24) is 0 Å². The highest BCUT2D eigenvalue weighted by Crippen LogP contribution is 2.28. The van der Waals surface area contributed by atoms with E-state index in [1.165, 1.54) is 13.2 Å². The highest BCUT2D eigenvalue weighted by atomic mass is 16.6. The molecule has 0 saturated heterocycles. The molecule has 0 aliphatic heterocycles. The van der Waals surface area contributed by atoms with Crippen LogP contribution in [-0.2, 0) is 4.79 Å². The van der Waals surface area contributed by atoms with Crippen LogP contribution in [0.4, 0.5) is 5.69 Å². The first kappa shape index (κ1) is 18.0. The summed E-state index contributed by atoms with van der Waals surface area (Å²) in [6.45, 7) is 1.78. The molecule has 0 unspecified atom stereocenters. The molecule has 2 aromatic carbocycles. The minimum absolute atomic E-state index is 0.186. The number of hydrogen-bond acceptors (Lipinski definition) is 5. The molecule has 0 spiro atoms. The van der Waals surface area contributed by atoms with Gasteiger partial charge in [0.05, 0.1) is 12.0 Å². The normalized spacial score (nSPS) is 10.5. The van der Waals surface area contributed by atoms with E-state index in [1.54, 1.807) is 18.2 Å². The van der Waals surface area contributed by atoms with Gasteiger partial charge in [0.15, 0.2) is 18.1 Å². The van der Waals surface area contributed by atoms with Gasteiger partial charge in [-0.25, -0.2) is 0 Å². The Morgan fingerprint density at radius 3 is 2.56 bits per heavy atom. The Hall–Kier alpha value is -3.35. The summed E-state index contributed by atoms with van der Waals surface area (Å²) in [4.78, 5) is 21.8. The van der Waals surface area contributed by atoms with Crippen LogP contribution in [0.2, 0.25) is 0 Å². The lowest BCUT2D eigenvalue weighted by atomic mass is 10.2. The number of nitro groups is 1. The second kappa shape index (κ2) is 8.49. The number of methoxy groups -OCH3 is 1. The maximum Gasteiger partial charge on any atom is 0.262 e. The van der Waals surface area contributed by atoms with Crippen molar-refractivity contribution in [3.63, 3.8) is 0 Å². The van der Waals surface area contributed by atoms with Crippen molar-refractivity contribution in [3.05, 3.63) is 69.9 Å². The van der Waals surface area contributed by atoms with E-state index in [-0.39, 0.29) is 12.5 Å². The average Bonchev–Trinajstić information content (AvgIpc) is 2.60. The molecule has 0 aliphatic rings. The van der Waals surface area contributed by atoms with E-state index in [2.05, 4.69) is 5.32 Å². The van der Waals surface area contributed by atoms with Crippen LogP contribution < -0.4 is 14.8 Å². The van der Waals surface area contributed by atoms with Gasteiger partial charge in [0.25, 0.3) is 5.91 Å². The average molecular weight is 342 g/mol. The fraction of sp³-hybridized carbons (Fsp3) is 0.167. The van der Waals surface area contributed by atoms with Gasteiger partial charge >= 0.3 is 0 Å². The van der Waals surface area contributed by atoms with Crippen molar-refractivity contribution in [2.24, 2.45) is 0 Å². The number of nitrogens with one attached hydrogen (secondary N) is 1. The molecule has 130 valence electrons. The first-order valence-corrected chi connectivity index (χ1v) is 7.47. The lowest BCUT2D eigenvalue weighted by Crippen LogP contribution is -2.20. The first-order chi connectivity index (χ1) is 12.0. The number of carbonyl (C=O) groups excluding carboxylic acids is 1. The van der Waals surface area contributed by atoms with Crippen LogP contribution in [0, 0.1) is 17.0 Å². The maximum atomic E-state index is 12.0. The molecule has 0 bridgehead atoms. The molecule has 1 amide bonds. The first-order valence-electron chi connectivity index (χ1n) is 7.47. The summed E-state index contributed by atoms with van der Waals surface area (Å²) >= 11 is 0. The van der Waals surface area contributed by atoms with Crippen molar-refractivity contribution in [1.29, 1.82) is 0 Å². The summed E-state index contributed by atoms with van der Waals surface area (Å²) in [6.07, 6.45) is 2.18. The second-order valence-corrected chi connectivity index (χ2v) is 5.21. The van der Waals surface area contributed by atoms with E-state index < -0.39 is 4.92 Å². The Morgan fingerprint density at radius 1 is 1.20 bits per heavy atom. The number of nitrogens with zero attached hydrogens (tertiary/aromatic N) is 1. The van der Waals surface area contributed by atoms with Crippen molar-refractivity contribution in [2.45, 2.75) is 6.92 Å². The molecule has 2 aromatic rings. The Kier molecular flexibility index (Phi) is 6.11. The van der Waals surface area contributed by atoms with Gasteiger partial charge in [-0.05, 0) is 36.8 Å². The maximum absolute atomic E-state index is 12.0. The lowest BCUT2D eigenvalue weighted by Gasteiger charge is -2.11. The molecule has 0 aromatic heterocycles. The predicted molar refractivity (Wildman–Crippen MR) is 94.3 cm³/mol. The molecular formula is C18H18N2O5. The number of aryl methyl sites for hydroxylation is 1. The van der Waals surface area contributed by atoms with Gasteiger partial charge in [-0.3, -0.25) is 14.9 Å². The van der Waals surface area contributed by atoms with Gasteiger partial charge in [0, 0.05) is 11.8 Å². The van der Waals surface area contributed by atoms with Crippen molar-refractivity contribution in [3.8, 4) is 11.5 Å². The Labute approximate surface area is 145 Å². The molecule has 0 saturated carbocycles. The summed E-state index contributed by atoms with van der Waals surface area (Å²) in [7, 11) is 1.45. The smallest absolute Gasteiger partial charge is 0.262 e. The van der Waals surface area contributed by atoms with Gasteiger partial charge in [-0.2, -0.15) is 0 Å². The minimum Gasteiger partial charge on any atom is -0.493 e. The van der Waals surface area contributed by atoms with E-state index in [1.807, 2.05) is 31.2 Å². The highest BCUT2D eigenvalue weighted by Gasteiger charge is 2.09. The number of benzene rings is 2. The summed E-state index contributed by atoms with van der Waals surface area (Å²) < 4.78 is 10.7. The minimum atomic E-state index is -0.549. The third-order valence-corrected chi connectivity index (χ3v) is 3.27. The third-order valence-electron chi connectivity index (χ3n) is 3.27. The van der Waals surface area contributed by atoms with Crippen LogP contribution in [0.1, 0.15) is 11.1 Å². The van der Waals surface area contributed by atoms with E-state index in [4.69, 9.17) is 9.47 Å². The van der Waals surface area contributed by atoms with Gasteiger partial charge in [-0.1, -0.05) is 23.8 Å². The Balaban J connectivity index is 1.98. The largest absolute Gasteiger partial charge is 0.493 e. The molecule has 7 nitrogen and oxygen atoms in total. The number of ether oxygens (including phenoxy) is 2.